The number of primary amides is 1. The van der Waals surface area contributed by atoms with Crippen LogP contribution in [0.25, 0.3) is 0 Å². The number of nitrogens with two attached hydrogens (primary N) is 1. The first-order chi connectivity index (χ1) is 12.7. The third-order valence-electron chi connectivity index (χ3n) is 3.87. The number of ether oxygens (including phenoxy) is 1. The molecule has 2 aromatic rings. The topological polar surface area (TPSA) is 81.4 Å². The number of alkyl halides is 3. The van der Waals surface area contributed by atoms with Crippen molar-refractivity contribution in [2.45, 2.75) is 25.1 Å². The van der Waals surface area contributed by atoms with Crippen molar-refractivity contribution in [2.75, 3.05) is 7.11 Å². The second-order valence-electron chi connectivity index (χ2n) is 5.95. The van der Waals surface area contributed by atoms with Crippen LogP contribution in [0.3, 0.4) is 0 Å². The number of amides is 2. The van der Waals surface area contributed by atoms with Crippen LogP contribution >= 0.6 is 0 Å². The van der Waals surface area contributed by atoms with Crippen molar-refractivity contribution in [3.05, 3.63) is 65.2 Å². The van der Waals surface area contributed by atoms with E-state index in [1.165, 1.54) is 19.2 Å². The molecule has 144 valence electrons. The Hall–Kier alpha value is -3.03. The molecule has 0 aliphatic rings. The third kappa shape index (κ3) is 6.02. The van der Waals surface area contributed by atoms with Gasteiger partial charge < -0.3 is 15.8 Å². The van der Waals surface area contributed by atoms with Crippen molar-refractivity contribution in [3.63, 3.8) is 0 Å². The molecule has 0 unspecified atom stereocenters. The quantitative estimate of drug-likeness (QED) is 0.774. The molecule has 0 aliphatic carbocycles. The fourth-order valence-electron chi connectivity index (χ4n) is 2.55. The van der Waals surface area contributed by atoms with Gasteiger partial charge in [-0.2, -0.15) is 13.2 Å². The van der Waals surface area contributed by atoms with Gasteiger partial charge in [-0.25, -0.2) is 0 Å². The number of benzene rings is 2. The average molecular weight is 380 g/mol. The Morgan fingerprint density at radius 1 is 1.11 bits per heavy atom. The highest BCUT2D eigenvalue weighted by Gasteiger charge is 2.30. The molecule has 2 amide bonds. The Balaban J connectivity index is 2.06. The minimum absolute atomic E-state index is 0.140. The highest BCUT2D eigenvalue weighted by molar-refractivity contribution is 5.87. The van der Waals surface area contributed by atoms with Gasteiger partial charge in [0.2, 0.25) is 11.8 Å². The van der Waals surface area contributed by atoms with Gasteiger partial charge in [0.05, 0.1) is 19.1 Å². The molecule has 0 heterocycles. The van der Waals surface area contributed by atoms with E-state index in [9.17, 15) is 22.8 Å². The number of carbonyl (C=O) groups is 2. The van der Waals surface area contributed by atoms with Gasteiger partial charge in [0.15, 0.2) is 0 Å². The van der Waals surface area contributed by atoms with Crippen molar-refractivity contribution in [1.29, 1.82) is 0 Å². The minimum atomic E-state index is -4.49. The van der Waals surface area contributed by atoms with Crippen molar-refractivity contribution in [2.24, 2.45) is 5.73 Å². The summed E-state index contributed by atoms with van der Waals surface area (Å²) in [6.07, 6.45) is -4.65. The predicted octanol–water partition coefficient (Wildman–Crippen LogP) is 2.47. The largest absolute Gasteiger partial charge is 0.497 e. The van der Waals surface area contributed by atoms with Gasteiger partial charge in [-0.1, -0.05) is 30.3 Å². The SMILES string of the molecule is COc1cccc(C[C@H](NC(=O)Cc2cccc(C(F)(F)F)c2)C(N)=O)c1. The maximum Gasteiger partial charge on any atom is 0.416 e. The van der Waals surface area contributed by atoms with E-state index < -0.39 is 29.6 Å². The van der Waals surface area contributed by atoms with E-state index in [1.54, 1.807) is 24.3 Å². The van der Waals surface area contributed by atoms with Crippen molar-refractivity contribution in [1.82, 2.24) is 5.32 Å². The van der Waals surface area contributed by atoms with Gasteiger partial charge >= 0.3 is 6.18 Å². The molecule has 0 saturated heterocycles. The third-order valence-corrected chi connectivity index (χ3v) is 3.87. The van der Waals surface area contributed by atoms with Crippen LogP contribution in [-0.2, 0) is 28.6 Å². The van der Waals surface area contributed by atoms with Crippen LogP contribution in [0, 0.1) is 0 Å². The second-order valence-corrected chi connectivity index (χ2v) is 5.95. The number of rotatable bonds is 7. The van der Waals surface area contributed by atoms with Crippen LogP contribution in [0.4, 0.5) is 13.2 Å². The van der Waals surface area contributed by atoms with E-state index in [0.29, 0.717) is 5.75 Å². The molecule has 0 bridgehead atoms. The second kappa shape index (κ2) is 8.57. The molecule has 0 radical (unpaired) electrons. The summed E-state index contributed by atoms with van der Waals surface area (Å²) in [6, 6.07) is 10.4. The predicted molar refractivity (Wildman–Crippen MR) is 93.0 cm³/mol. The molecule has 1 atom stereocenters. The fourth-order valence-corrected chi connectivity index (χ4v) is 2.55. The van der Waals surface area contributed by atoms with Crippen molar-refractivity contribution >= 4 is 11.8 Å². The molecule has 0 spiro atoms. The Morgan fingerprint density at radius 3 is 2.41 bits per heavy atom. The number of nitrogens with one attached hydrogen (secondary N) is 1. The van der Waals surface area contributed by atoms with Crippen LogP contribution in [-0.4, -0.2) is 25.0 Å². The van der Waals surface area contributed by atoms with Crippen LogP contribution < -0.4 is 15.8 Å². The number of methoxy groups -OCH3 is 1. The van der Waals surface area contributed by atoms with E-state index in [2.05, 4.69) is 5.32 Å². The summed E-state index contributed by atoms with van der Waals surface area (Å²) in [6.45, 7) is 0. The standard InChI is InChI=1S/C19H19F3N2O3/c1-27-15-7-3-5-13(9-15)10-16(18(23)26)24-17(25)11-12-4-2-6-14(8-12)19(20,21)22/h2-9,16H,10-11H2,1H3,(H2,23,26)(H,24,25)/t16-/m0/s1. The first-order valence-electron chi connectivity index (χ1n) is 8.07. The molecule has 8 heteroatoms. The average Bonchev–Trinajstić information content (AvgIpc) is 2.60. The Morgan fingerprint density at radius 2 is 1.78 bits per heavy atom. The summed E-state index contributed by atoms with van der Waals surface area (Å²) in [4.78, 5) is 23.8. The molecule has 3 N–H and O–H groups in total. The number of halogens is 3. The van der Waals surface area contributed by atoms with Crippen LogP contribution in [0.2, 0.25) is 0 Å². The highest BCUT2D eigenvalue weighted by Crippen LogP contribution is 2.29. The van der Waals surface area contributed by atoms with Crippen molar-refractivity contribution < 1.29 is 27.5 Å². The van der Waals surface area contributed by atoms with E-state index in [1.807, 2.05) is 0 Å². The highest BCUT2D eigenvalue weighted by atomic mass is 19.4. The fraction of sp³-hybridized carbons (Fsp3) is 0.263. The lowest BCUT2D eigenvalue weighted by Gasteiger charge is -2.16. The lowest BCUT2D eigenvalue weighted by molar-refractivity contribution is -0.137. The number of carbonyl (C=O) groups excluding carboxylic acids is 2. The number of hydrogen-bond acceptors (Lipinski definition) is 3. The zero-order chi connectivity index (χ0) is 20.0. The Kier molecular flexibility index (Phi) is 6.44. The van der Waals surface area contributed by atoms with Gasteiger partial charge in [-0.3, -0.25) is 9.59 Å². The Labute approximate surface area is 154 Å². The van der Waals surface area contributed by atoms with E-state index in [0.717, 1.165) is 17.7 Å². The van der Waals surface area contributed by atoms with Crippen LogP contribution in [0.5, 0.6) is 5.75 Å². The summed E-state index contributed by atoms with van der Waals surface area (Å²) in [5.41, 5.74) is 5.41. The van der Waals surface area contributed by atoms with Gasteiger partial charge in [0, 0.05) is 6.42 Å². The zero-order valence-corrected chi connectivity index (χ0v) is 14.5. The van der Waals surface area contributed by atoms with Crippen LogP contribution in [0.15, 0.2) is 48.5 Å². The monoisotopic (exact) mass is 380 g/mol. The lowest BCUT2D eigenvalue weighted by atomic mass is 10.0. The first kappa shape index (κ1) is 20.3. The molecule has 5 nitrogen and oxygen atoms in total. The summed E-state index contributed by atoms with van der Waals surface area (Å²) in [7, 11) is 1.50. The molecular weight excluding hydrogens is 361 g/mol. The van der Waals surface area contributed by atoms with Crippen LogP contribution in [0.1, 0.15) is 16.7 Å². The summed E-state index contributed by atoms with van der Waals surface area (Å²) < 4.78 is 43.4. The smallest absolute Gasteiger partial charge is 0.416 e. The lowest BCUT2D eigenvalue weighted by Crippen LogP contribution is -2.46. The normalized spacial score (nSPS) is 12.3. The van der Waals surface area contributed by atoms with Gasteiger partial charge in [-0.05, 0) is 29.3 Å². The minimum Gasteiger partial charge on any atom is -0.497 e. The molecular formula is C19H19F3N2O3. The molecule has 0 aliphatic heterocycles. The molecule has 2 aromatic carbocycles. The van der Waals surface area contributed by atoms with E-state index in [-0.39, 0.29) is 18.4 Å². The summed E-state index contributed by atoms with van der Waals surface area (Å²) >= 11 is 0. The maximum atomic E-state index is 12.8. The van der Waals surface area contributed by atoms with E-state index >= 15 is 0 Å². The van der Waals surface area contributed by atoms with Gasteiger partial charge in [-0.15, -0.1) is 0 Å². The molecule has 0 aromatic heterocycles. The zero-order valence-electron chi connectivity index (χ0n) is 14.5. The molecule has 0 saturated carbocycles. The molecule has 2 rings (SSSR count). The van der Waals surface area contributed by atoms with Gasteiger partial charge in [0.1, 0.15) is 11.8 Å². The molecule has 27 heavy (non-hydrogen) atoms. The number of hydrogen-bond donors (Lipinski definition) is 2. The Bertz CT molecular complexity index is 822. The van der Waals surface area contributed by atoms with E-state index in [4.69, 9.17) is 10.5 Å². The summed E-state index contributed by atoms with van der Waals surface area (Å²) in [5.74, 6) is -0.748. The first-order valence-corrected chi connectivity index (χ1v) is 8.07. The maximum absolute atomic E-state index is 12.8. The summed E-state index contributed by atoms with van der Waals surface area (Å²) in [5, 5.41) is 2.47. The molecule has 0 fully saturated rings. The van der Waals surface area contributed by atoms with Gasteiger partial charge in [0.25, 0.3) is 0 Å². The van der Waals surface area contributed by atoms with Crippen molar-refractivity contribution in [3.8, 4) is 5.75 Å².